The molecule has 0 spiro atoms. The summed E-state index contributed by atoms with van der Waals surface area (Å²) >= 11 is 10.9. The van der Waals surface area contributed by atoms with E-state index >= 15 is 0 Å². The Labute approximate surface area is 129 Å². The summed E-state index contributed by atoms with van der Waals surface area (Å²) in [6.07, 6.45) is 1.36. The van der Waals surface area contributed by atoms with E-state index in [0.717, 1.165) is 0 Å². The van der Waals surface area contributed by atoms with E-state index in [2.05, 4.69) is 10.6 Å². The van der Waals surface area contributed by atoms with Gasteiger partial charge in [0.05, 0.1) is 22.5 Å². The van der Waals surface area contributed by atoms with Crippen molar-refractivity contribution >= 4 is 46.5 Å². The normalized spacial score (nSPS) is 9.95. The second-order valence-electron chi connectivity index (χ2n) is 3.89. The first-order chi connectivity index (χ1) is 9.97. The van der Waals surface area contributed by atoms with E-state index < -0.39 is 11.9 Å². The number of thiocarbonyl (C=S) groups is 1. The molecule has 2 aromatic rings. The van der Waals surface area contributed by atoms with Gasteiger partial charge in [-0.25, -0.2) is 4.79 Å². The number of nitrogens with one attached hydrogen (secondary N) is 2. The number of hydrogen-bond donors (Lipinski definition) is 3. The molecule has 0 saturated heterocycles. The van der Waals surface area contributed by atoms with Crippen molar-refractivity contribution in [2.24, 2.45) is 0 Å². The van der Waals surface area contributed by atoms with E-state index in [0.29, 0.717) is 0 Å². The van der Waals surface area contributed by atoms with Gasteiger partial charge in [-0.3, -0.25) is 10.1 Å². The molecule has 0 saturated carbocycles. The summed E-state index contributed by atoms with van der Waals surface area (Å²) in [5.41, 5.74) is 0.323. The zero-order chi connectivity index (χ0) is 15.4. The van der Waals surface area contributed by atoms with E-state index in [-0.39, 0.29) is 27.1 Å². The maximum absolute atomic E-state index is 11.7. The van der Waals surface area contributed by atoms with Crippen molar-refractivity contribution in [2.45, 2.75) is 0 Å². The third-order valence-corrected chi connectivity index (χ3v) is 2.97. The molecule has 2 rings (SSSR count). The van der Waals surface area contributed by atoms with Gasteiger partial charge in [-0.15, -0.1) is 0 Å². The van der Waals surface area contributed by atoms with E-state index in [9.17, 15) is 9.59 Å². The van der Waals surface area contributed by atoms with Crippen LogP contribution in [0.2, 0.25) is 5.02 Å². The highest BCUT2D eigenvalue weighted by Crippen LogP contribution is 2.23. The molecular formula is C13H9ClN2O4S. The third-order valence-electron chi connectivity index (χ3n) is 2.43. The number of carbonyl (C=O) groups is 2. The molecule has 1 amide bonds. The first-order valence-corrected chi connectivity index (χ1v) is 6.44. The second-order valence-corrected chi connectivity index (χ2v) is 4.70. The first kappa shape index (κ1) is 15.0. The highest BCUT2D eigenvalue weighted by molar-refractivity contribution is 7.80. The average Bonchev–Trinajstić information content (AvgIpc) is 2.95. The summed E-state index contributed by atoms with van der Waals surface area (Å²) in [6.45, 7) is 0. The number of furan rings is 1. The Hall–Kier alpha value is -2.38. The Morgan fingerprint density at radius 3 is 2.67 bits per heavy atom. The minimum Gasteiger partial charge on any atom is -0.478 e. The van der Waals surface area contributed by atoms with Gasteiger partial charge in [0, 0.05) is 0 Å². The highest BCUT2D eigenvalue weighted by atomic mass is 35.5. The molecule has 21 heavy (non-hydrogen) atoms. The van der Waals surface area contributed by atoms with Gasteiger partial charge in [-0.05, 0) is 42.5 Å². The summed E-state index contributed by atoms with van der Waals surface area (Å²) in [5, 5.41) is 14.2. The van der Waals surface area contributed by atoms with Crippen LogP contribution in [0.5, 0.6) is 0 Å². The van der Waals surface area contributed by atoms with Crippen molar-refractivity contribution in [1.29, 1.82) is 0 Å². The molecule has 0 aliphatic heterocycles. The minimum atomic E-state index is -1.10. The maximum Gasteiger partial charge on any atom is 0.335 e. The molecule has 6 nitrogen and oxygen atoms in total. The number of hydrogen-bond acceptors (Lipinski definition) is 4. The van der Waals surface area contributed by atoms with Crippen LogP contribution in [0.25, 0.3) is 0 Å². The van der Waals surface area contributed by atoms with Gasteiger partial charge in [0.2, 0.25) is 0 Å². The van der Waals surface area contributed by atoms with Crippen molar-refractivity contribution < 1.29 is 19.1 Å². The van der Waals surface area contributed by atoms with Crippen molar-refractivity contribution in [3.8, 4) is 0 Å². The van der Waals surface area contributed by atoms with E-state index in [1.54, 1.807) is 6.07 Å². The van der Waals surface area contributed by atoms with Crippen molar-refractivity contribution in [3.63, 3.8) is 0 Å². The molecule has 0 aliphatic carbocycles. The van der Waals surface area contributed by atoms with E-state index in [1.807, 2.05) is 0 Å². The van der Waals surface area contributed by atoms with Gasteiger partial charge in [-0.1, -0.05) is 11.6 Å². The lowest BCUT2D eigenvalue weighted by atomic mass is 10.2. The molecule has 108 valence electrons. The van der Waals surface area contributed by atoms with E-state index in [1.165, 1.54) is 30.5 Å². The predicted molar refractivity (Wildman–Crippen MR) is 80.8 cm³/mol. The Morgan fingerprint density at radius 2 is 2.05 bits per heavy atom. The average molecular weight is 325 g/mol. The molecule has 1 aromatic carbocycles. The maximum atomic E-state index is 11.7. The van der Waals surface area contributed by atoms with Crippen LogP contribution in [0.15, 0.2) is 41.0 Å². The fourth-order valence-corrected chi connectivity index (χ4v) is 1.85. The lowest BCUT2D eigenvalue weighted by Crippen LogP contribution is -2.34. The largest absolute Gasteiger partial charge is 0.478 e. The predicted octanol–water partition coefficient (Wildman–Crippen LogP) is 2.76. The van der Waals surface area contributed by atoms with Crippen molar-refractivity contribution in [1.82, 2.24) is 5.32 Å². The van der Waals surface area contributed by atoms with Crippen LogP contribution in [0.4, 0.5) is 5.69 Å². The molecule has 0 aliphatic rings. The third kappa shape index (κ3) is 3.80. The van der Waals surface area contributed by atoms with Gasteiger partial charge in [0.25, 0.3) is 5.91 Å². The number of benzene rings is 1. The quantitative estimate of drug-likeness (QED) is 0.752. The molecule has 0 bridgehead atoms. The second kappa shape index (κ2) is 6.38. The van der Waals surface area contributed by atoms with Crippen molar-refractivity contribution in [3.05, 3.63) is 52.9 Å². The van der Waals surface area contributed by atoms with Crippen LogP contribution in [0.3, 0.4) is 0 Å². The van der Waals surface area contributed by atoms with Crippen LogP contribution in [0, 0.1) is 0 Å². The number of carboxylic acid groups (broad SMARTS) is 1. The SMILES string of the molecule is O=C(O)c1ccc(Cl)c(NC(=S)NC(=O)c2ccco2)c1. The summed E-state index contributed by atoms with van der Waals surface area (Å²) in [7, 11) is 0. The topological polar surface area (TPSA) is 91.6 Å². The smallest absolute Gasteiger partial charge is 0.335 e. The lowest BCUT2D eigenvalue weighted by Gasteiger charge is -2.10. The number of aromatic carboxylic acids is 1. The van der Waals surface area contributed by atoms with Crippen LogP contribution >= 0.6 is 23.8 Å². The summed E-state index contributed by atoms with van der Waals surface area (Å²) < 4.78 is 4.92. The van der Waals surface area contributed by atoms with Gasteiger partial charge in [0.1, 0.15) is 0 Å². The molecule has 0 atom stereocenters. The molecule has 0 unspecified atom stereocenters. The number of amides is 1. The number of halogens is 1. The summed E-state index contributed by atoms with van der Waals surface area (Å²) in [4.78, 5) is 22.6. The number of anilines is 1. The number of carbonyl (C=O) groups excluding carboxylic acids is 1. The molecule has 0 fully saturated rings. The fourth-order valence-electron chi connectivity index (χ4n) is 1.48. The van der Waals surface area contributed by atoms with Gasteiger partial charge < -0.3 is 14.8 Å². The zero-order valence-corrected chi connectivity index (χ0v) is 12.0. The fraction of sp³-hybridized carbons (Fsp3) is 0. The standard InChI is InChI=1S/C13H9ClN2O4S/c14-8-4-3-7(12(18)19)6-9(8)15-13(21)16-11(17)10-2-1-5-20-10/h1-6H,(H,18,19)(H2,15,16,17,21). The molecule has 1 aromatic heterocycles. The molecular weight excluding hydrogens is 316 g/mol. The minimum absolute atomic E-state index is 0.0270. The van der Waals surface area contributed by atoms with Crippen LogP contribution in [0.1, 0.15) is 20.9 Å². The molecule has 8 heteroatoms. The Kier molecular flexibility index (Phi) is 4.56. The van der Waals surface area contributed by atoms with Gasteiger partial charge >= 0.3 is 5.97 Å². The molecule has 1 heterocycles. The number of carboxylic acids is 1. The molecule has 0 radical (unpaired) electrons. The summed E-state index contributed by atoms with van der Waals surface area (Å²) in [5.74, 6) is -1.52. The van der Waals surface area contributed by atoms with Crippen LogP contribution < -0.4 is 10.6 Å². The Balaban J connectivity index is 2.07. The lowest BCUT2D eigenvalue weighted by molar-refractivity contribution is 0.0696. The number of rotatable bonds is 3. The highest BCUT2D eigenvalue weighted by Gasteiger charge is 2.12. The van der Waals surface area contributed by atoms with E-state index in [4.69, 9.17) is 33.3 Å². The Morgan fingerprint density at radius 1 is 1.29 bits per heavy atom. The van der Waals surface area contributed by atoms with Gasteiger partial charge in [-0.2, -0.15) is 0 Å². The van der Waals surface area contributed by atoms with Crippen LogP contribution in [-0.2, 0) is 0 Å². The van der Waals surface area contributed by atoms with Gasteiger partial charge in [0.15, 0.2) is 10.9 Å². The monoisotopic (exact) mass is 324 g/mol. The first-order valence-electron chi connectivity index (χ1n) is 5.66. The Bertz CT molecular complexity index is 700. The molecule has 3 N–H and O–H groups in total. The zero-order valence-electron chi connectivity index (χ0n) is 10.4. The van der Waals surface area contributed by atoms with Crippen LogP contribution in [-0.4, -0.2) is 22.1 Å². The van der Waals surface area contributed by atoms with Crippen molar-refractivity contribution in [2.75, 3.05) is 5.32 Å². The summed E-state index contributed by atoms with van der Waals surface area (Å²) in [6, 6.07) is 7.15.